The average molecular weight is 332 g/mol. The van der Waals surface area contributed by atoms with Gasteiger partial charge in [-0.3, -0.25) is 4.79 Å². The lowest BCUT2D eigenvalue weighted by atomic mass is 9.78. The van der Waals surface area contributed by atoms with E-state index in [4.69, 9.17) is 4.74 Å². The minimum Gasteiger partial charge on any atom is -0.494 e. The van der Waals surface area contributed by atoms with Gasteiger partial charge in [0.05, 0.1) is 12.5 Å². The van der Waals surface area contributed by atoms with Gasteiger partial charge >= 0.3 is 5.97 Å². The number of carbonyl (C=O) groups is 1. The maximum absolute atomic E-state index is 11.2. The number of hydrogen-bond acceptors (Lipinski definition) is 2. The molecule has 2 unspecified atom stereocenters. The van der Waals surface area contributed by atoms with Crippen LogP contribution >= 0.6 is 0 Å². The monoisotopic (exact) mass is 332 g/mol. The molecule has 1 aromatic carbocycles. The summed E-state index contributed by atoms with van der Waals surface area (Å²) >= 11 is 0. The largest absolute Gasteiger partial charge is 0.494 e. The molecule has 1 fully saturated rings. The van der Waals surface area contributed by atoms with Gasteiger partial charge in [-0.15, -0.1) is 0 Å². The molecule has 0 heterocycles. The molecule has 0 amide bonds. The van der Waals surface area contributed by atoms with Crippen LogP contribution in [-0.2, 0) is 4.79 Å². The zero-order chi connectivity index (χ0) is 17.2. The van der Waals surface area contributed by atoms with Crippen molar-refractivity contribution in [2.45, 2.75) is 77.0 Å². The molecule has 0 spiro atoms. The molecule has 0 aliphatic heterocycles. The van der Waals surface area contributed by atoms with E-state index < -0.39 is 5.97 Å². The lowest BCUT2D eigenvalue weighted by molar-refractivity contribution is -0.142. The fraction of sp³-hybridized carbons (Fsp3) is 0.667. The minimum atomic E-state index is -0.640. The minimum absolute atomic E-state index is 0.174. The van der Waals surface area contributed by atoms with Crippen molar-refractivity contribution in [1.82, 2.24) is 0 Å². The van der Waals surface area contributed by atoms with Crippen LogP contribution in [0, 0.1) is 5.92 Å². The summed E-state index contributed by atoms with van der Waals surface area (Å²) < 4.78 is 5.82. The predicted octanol–water partition coefficient (Wildman–Crippen LogP) is 5.78. The van der Waals surface area contributed by atoms with Gasteiger partial charge in [-0.05, 0) is 49.3 Å². The Labute approximate surface area is 146 Å². The standard InChI is InChI=1S/C21H32O3/c1-2-3-4-5-6-7-15-24-20-13-11-17(12-14-20)18-9-8-10-19(16-18)21(22)23/h11-14,18-19H,2-10,15-16H2,1H3,(H,22,23). The van der Waals surface area contributed by atoms with Gasteiger partial charge in [0.25, 0.3) is 0 Å². The molecule has 1 aliphatic carbocycles. The number of hydrogen-bond donors (Lipinski definition) is 1. The second kappa shape index (κ2) is 10.4. The molecule has 1 saturated carbocycles. The fourth-order valence-electron chi connectivity index (χ4n) is 3.63. The number of aliphatic carboxylic acids is 1. The van der Waals surface area contributed by atoms with E-state index in [1.165, 1.54) is 37.7 Å². The molecule has 3 nitrogen and oxygen atoms in total. The molecular formula is C21H32O3. The van der Waals surface area contributed by atoms with E-state index in [2.05, 4.69) is 19.1 Å². The van der Waals surface area contributed by atoms with Gasteiger partial charge < -0.3 is 9.84 Å². The molecule has 0 bridgehead atoms. The third-order valence-corrected chi connectivity index (χ3v) is 5.14. The summed E-state index contributed by atoms with van der Waals surface area (Å²) in [6, 6.07) is 8.31. The second-order valence-corrected chi connectivity index (χ2v) is 7.08. The van der Waals surface area contributed by atoms with Gasteiger partial charge in [-0.2, -0.15) is 0 Å². The smallest absolute Gasteiger partial charge is 0.306 e. The highest BCUT2D eigenvalue weighted by Gasteiger charge is 2.27. The van der Waals surface area contributed by atoms with Gasteiger partial charge in [0, 0.05) is 0 Å². The van der Waals surface area contributed by atoms with Gasteiger partial charge in [0.2, 0.25) is 0 Å². The molecule has 134 valence electrons. The number of ether oxygens (including phenoxy) is 1. The SMILES string of the molecule is CCCCCCCCOc1ccc(C2CCCC(C(=O)O)C2)cc1. The number of carboxylic acid groups (broad SMARTS) is 1. The molecule has 2 rings (SSSR count). The molecule has 24 heavy (non-hydrogen) atoms. The Morgan fingerprint density at radius 3 is 2.50 bits per heavy atom. The number of benzene rings is 1. The first-order valence-electron chi connectivity index (χ1n) is 9.66. The maximum Gasteiger partial charge on any atom is 0.306 e. The Morgan fingerprint density at radius 2 is 1.79 bits per heavy atom. The molecule has 1 aromatic rings. The number of unbranched alkanes of at least 4 members (excludes halogenated alkanes) is 5. The van der Waals surface area contributed by atoms with E-state index in [0.29, 0.717) is 5.92 Å². The van der Waals surface area contributed by atoms with Crippen LogP contribution in [0.5, 0.6) is 5.75 Å². The van der Waals surface area contributed by atoms with Crippen LogP contribution in [0.1, 0.15) is 82.6 Å². The molecule has 0 saturated heterocycles. The third-order valence-electron chi connectivity index (χ3n) is 5.14. The Bertz CT molecular complexity index is 480. The zero-order valence-corrected chi connectivity index (χ0v) is 15.0. The predicted molar refractivity (Wildman–Crippen MR) is 97.6 cm³/mol. The van der Waals surface area contributed by atoms with Crippen LogP contribution in [0.25, 0.3) is 0 Å². The normalized spacial score (nSPS) is 20.7. The molecule has 0 aromatic heterocycles. The summed E-state index contributed by atoms with van der Waals surface area (Å²) in [7, 11) is 0. The van der Waals surface area contributed by atoms with E-state index >= 15 is 0 Å². The Morgan fingerprint density at radius 1 is 1.08 bits per heavy atom. The summed E-state index contributed by atoms with van der Waals surface area (Å²) in [5.74, 6) is 0.497. The summed E-state index contributed by atoms with van der Waals surface area (Å²) in [6.45, 7) is 3.03. The number of carboxylic acids is 1. The zero-order valence-electron chi connectivity index (χ0n) is 15.0. The quantitative estimate of drug-likeness (QED) is 0.552. The molecule has 3 heteroatoms. The van der Waals surface area contributed by atoms with E-state index in [1.54, 1.807) is 0 Å². The summed E-state index contributed by atoms with van der Waals surface area (Å²) in [4.78, 5) is 11.2. The first kappa shape index (κ1) is 18.8. The van der Waals surface area contributed by atoms with Gasteiger partial charge in [-0.1, -0.05) is 57.6 Å². The van der Waals surface area contributed by atoms with Crippen LogP contribution in [0.2, 0.25) is 0 Å². The lowest BCUT2D eigenvalue weighted by Gasteiger charge is -2.27. The van der Waals surface area contributed by atoms with Crippen LogP contribution in [-0.4, -0.2) is 17.7 Å². The Balaban J connectivity index is 1.71. The van der Waals surface area contributed by atoms with Crippen molar-refractivity contribution < 1.29 is 14.6 Å². The second-order valence-electron chi connectivity index (χ2n) is 7.08. The van der Waals surface area contributed by atoms with Crippen LogP contribution in [0.3, 0.4) is 0 Å². The highest BCUT2D eigenvalue weighted by molar-refractivity contribution is 5.70. The summed E-state index contributed by atoms with van der Waals surface area (Å²) in [6.07, 6.45) is 11.3. The number of rotatable bonds is 10. The molecule has 0 radical (unpaired) electrons. The van der Waals surface area contributed by atoms with E-state index in [1.807, 2.05) is 12.1 Å². The lowest BCUT2D eigenvalue weighted by Crippen LogP contribution is -2.21. The average Bonchev–Trinajstić information content (AvgIpc) is 2.61. The van der Waals surface area contributed by atoms with Crippen molar-refractivity contribution in [1.29, 1.82) is 0 Å². The van der Waals surface area contributed by atoms with Crippen LogP contribution < -0.4 is 4.74 Å². The van der Waals surface area contributed by atoms with Crippen molar-refractivity contribution >= 4 is 5.97 Å². The highest BCUT2D eigenvalue weighted by atomic mass is 16.5. The first-order valence-corrected chi connectivity index (χ1v) is 9.66. The van der Waals surface area contributed by atoms with Crippen molar-refractivity contribution in [3.05, 3.63) is 29.8 Å². The van der Waals surface area contributed by atoms with E-state index in [0.717, 1.165) is 44.5 Å². The first-order chi connectivity index (χ1) is 11.7. The maximum atomic E-state index is 11.2. The topological polar surface area (TPSA) is 46.5 Å². The Hall–Kier alpha value is -1.51. The van der Waals surface area contributed by atoms with Crippen LogP contribution in [0.4, 0.5) is 0 Å². The molecule has 1 N–H and O–H groups in total. The molecule has 2 atom stereocenters. The van der Waals surface area contributed by atoms with E-state index in [9.17, 15) is 9.90 Å². The molecular weight excluding hydrogens is 300 g/mol. The van der Waals surface area contributed by atoms with Crippen molar-refractivity contribution in [3.63, 3.8) is 0 Å². The Kier molecular flexibility index (Phi) is 8.14. The summed E-state index contributed by atoms with van der Waals surface area (Å²) in [5, 5.41) is 9.22. The van der Waals surface area contributed by atoms with Crippen molar-refractivity contribution in [3.8, 4) is 5.75 Å². The van der Waals surface area contributed by atoms with Gasteiger partial charge in [-0.25, -0.2) is 0 Å². The fourth-order valence-corrected chi connectivity index (χ4v) is 3.63. The van der Waals surface area contributed by atoms with Crippen molar-refractivity contribution in [2.24, 2.45) is 5.92 Å². The van der Waals surface area contributed by atoms with Crippen molar-refractivity contribution in [2.75, 3.05) is 6.61 Å². The molecule has 1 aliphatic rings. The van der Waals surface area contributed by atoms with Crippen LogP contribution in [0.15, 0.2) is 24.3 Å². The highest BCUT2D eigenvalue weighted by Crippen LogP contribution is 2.36. The summed E-state index contributed by atoms with van der Waals surface area (Å²) in [5.41, 5.74) is 1.26. The van der Waals surface area contributed by atoms with E-state index in [-0.39, 0.29) is 5.92 Å². The van der Waals surface area contributed by atoms with Gasteiger partial charge in [0.1, 0.15) is 5.75 Å². The van der Waals surface area contributed by atoms with Gasteiger partial charge in [0.15, 0.2) is 0 Å². The third kappa shape index (κ3) is 6.18.